The van der Waals surface area contributed by atoms with E-state index in [4.69, 9.17) is 28.9 Å². The summed E-state index contributed by atoms with van der Waals surface area (Å²) in [5, 5.41) is 6.77. The Morgan fingerprint density at radius 2 is 2.14 bits per heavy atom. The number of halogens is 2. The highest BCUT2D eigenvalue weighted by Gasteiger charge is 2.12. The van der Waals surface area contributed by atoms with Crippen LogP contribution in [0.1, 0.15) is 15.9 Å². The molecule has 2 rings (SSSR count). The van der Waals surface area contributed by atoms with Crippen molar-refractivity contribution in [3.8, 4) is 0 Å². The standard InChI is InChI=1S/C12H10Cl2N4O2S/c1-20-11(19)6-2-8(13)7(9(14)3-6)4-16-18-12-17-10(15)5-21-12/h2-5H,15H2,1H3,(H,17,18). The largest absolute Gasteiger partial charge is 0.465 e. The first-order chi connectivity index (χ1) is 10.0. The van der Waals surface area contributed by atoms with Crippen LogP contribution in [-0.4, -0.2) is 24.3 Å². The quantitative estimate of drug-likeness (QED) is 0.504. The van der Waals surface area contributed by atoms with Gasteiger partial charge in [-0.25, -0.2) is 9.78 Å². The first-order valence-corrected chi connectivity index (χ1v) is 7.22. The molecule has 0 bridgehead atoms. The van der Waals surface area contributed by atoms with Crippen LogP contribution in [0.15, 0.2) is 22.6 Å². The van der Waals surface area contributed by atoms with Crippen molar-refractivity contribution in [2.24, 2.45) is 5.10 Å². The topological polar surface area (TPSA) is 89.6 Å². The minimum Gasteiger partial charge on any atom is -0.465 e. The lowest BCUT2D eigenvalue weighted by Crippen LogP contribution is -2.02. The van der Waals surface area contributed by atoms with Gasteiger partial charge >= 0.3 is 5.97 Å². The number of hydrazone groups is 1. The highest BCUT2D eigenvalue weighted by Crippen LogP contribution is 2.25. The van der Waals surface area contributed by atoms with Gasteiger partial charge in [0, 0.05) is 10.9 Å². The molecule has 1 aromatic heterocycles. The second-order valence-electron chi connectivity index (χ2n) is 3.79. The van der Waals surface area contributed by atoms with E-state index >= 15 is 0 Å². The lowest BCUT2D eigenvalue weighted by molar-refractivity contribution is 0.0600. The highest BCUT2D eigenvalue weighted by atomic mass is 35.5. The average molecular weight is 345 g/mol. The Hall–Kier alpha value is -1.83. The van der Waals surface area contributed by atoms with Crippen molar-refractivity contribution in [2.75, 3.05) is 18.3 Å². The minimum absolute atomic E-state index is 0.269. The van der Waals surface area contributed by atoms with Gasteiger partial charge in [0.05, 0.1) is 28.9 Å². The summed E-state index contributed by atoms with van der Waals surface area (Å²) in [6.45, 7) is 0. The number of anilines is 2. The first kappa shape index (κ1) is 15.6. The second-order valence-corrected chi connectivity index (χ2v) is 5.47. The normalized spacial score (nSPS) is 10.8. The number of ether oxygens (including phenoxy) is 1. The zero-order valence-electron chi connectivity index (χ0n) is 10.8. The summed E-state index contributed by atoms with van der Waals surface area (Å²) < 4.78 is 4.61. The fraction of sp³-hybridized carbons (Fsp3) is 0.0833. The number of thiazole rings is 1. The van der Waals surface area contributed by atoms with Crippen LogP contribution in [0, 0.1) is 0 Å². The summed E-state index contributed by atoms with van der Waals surface area (Å²) in [5.41, 5.74) is 8.94. The number of carbonyl (C=O) groups is 1. The Balaban J connectivity index is 2.18. The molecule has 3 N–H and O–H groups in total. The molecule has 6 nitrogen and oxygen atoms in total. The molecule has 0 aliphatic carbocycles. The van der Waals surface area contributed by atoms with Gasteiger partial charge in [0.2, 0.25) is 5.13 Å². The molecule has 0 spiro atoms. The minimum atomic E-state index is -0.515. The second kappa shape index (κ2) is 6.75. The molecule has 0 saturated carbocycles. The zero-order valence-corrected chi connectivity index (χ0v) is 13.1. The van der Waals surface area contributed by atoms with Crippen LogP contribution in [0.2, 0.25) is 10.0 Å². The Labute approximate surface area is 134 Å². The third kappa shape index (κ3) is 3.84. The van der Waals surface area contributed by atoms with Crippen LogP contribution in [0.3, 0.4) is 0 Å². The summed E-state index contributed by atoms with van der Waals surface area (Å²) in [5.74, 6) is -0.102. The molecular formula is C12H10Cl2N4O2S. The van der Waals surface area contributed by atoms with Gasteiger partial charge in [-0.2, -0.15) is 5.10 Å². The van der Waals surface area contributed by atoms with Crippen molar-refractivity contribution in [1.82, 2.24) is 4.98 Å². The SMILES string of the molecule is COC(=O)c1cc(Cl)c(C=NNc2nc(N)cs2)c(Cl)c1. The van der Waals surface area contributed by atoms with Crippen molar-refractivity contribution in [3.05, 3.63) is 38.7 Å². The van der Waals surface area contributed by atoms with E-state index in [1.54, 1.807) is 5.38 Å². The first-order valence-electron chi connectivity index (χ1n) is 5.58. The monoisotopic (exact) mass is 344 g/mol. The van der Waals surface area contributed by atoms with Gasteiger partial charge in [-0.1, -0.05) is 23.2 Å². The van der Waals surface area contributed by atoms with Gasteiger partial charge in [0.15, 0.2) is 0 Å². The molecule has 1 heterocycles. The van der Waals surface area contributed by atoms with Gasteiger partial charge in [-0.05, 0) is 12.1 Å². The Kier molecular flexibility index (Phi) is 5.00. The predicted octanol–water partition coefficient (Wildman–Crippen LogP) is 3.26. The van der Waals surface area contributed by atoms with Gasteiger partial charge in [0.1, 0.15) is 5.82 Å². The third-order valence-corrected chi connectivity index (χ3v) is 3.77. The van der Waals surface area contributed by atoms with Crippen LogP contribution >= 0.6 is 34.5 Å². The maximum Gasteiger partial charge on any atom is 0.337 e. The molecule has 0 aliphatic rings. The number of nitrogens with two attached hydrogens (primary N) is 1. The number of aromatic nitrogens is 1. The smallest absolute Gasteiger partial charge is 0.337 e. The van der Waals surface area contributed by atoms with Crippen LogP contribution in [0.5, 0.6) is 0 Å². The van der Waals surface area contributed by atoms with E-state index in [1.807, 2.05) is 0 Å². The van der Waals surface area contributed by atoms with Gasteiger partial charge < -0.3 is 10.5 Å². The number of esters is 1. The molecule has 0 unspecified atom stereocenters. The maximum absolute atomic E-state index is 11.4. The van der Waals surface area contributed by atoms with Gasteiger partial charge in [-0.15, -0.1) is 11.3 Å². The maximum atomic E-state index is 11.4. The Bertz CT molecular complexity index is 679. The number of methoxy groups -OCH3 is 1. The van der Waals surface area contributed by atoms with Crippen LogP contribution in [0.4, 0.5) is 10.9 Å². The molecule has 9 heteroatoms. The summed E-state index contributed by atoms with van der Waals surface area (Å²) in [7, 11) is 1.28. The van der Waals surface area contributed by atoms with Crippen LogP contribution in [-0.2, 0) is 4.74 Å². The summed E-state index contributed by atoms with van der Waals surface area (Å²) in [6, 6.07) is 2.92. The number of hydrogen-bond donors (Lipinski definition) is 2. The van der Waals surface area contributed by atoms with Crippen LogP contribution < -0.4 is 11.2 Å². The fourth-order valence-electron chi connectivity index (χ4n) is 1.43. The molecular weight excluding hydrogens is 335 g/mol. The molecule has 0 atom stereocenters. The number of nitrogen functional groups attached to an aromatic ring is 1. The predicted molar refractivity (Wildman–Crippen MR) is 85.5 cm³/mol. The van der Waals surface area contributed by atoms with Crippen LogP contribution in [0.25, 0.3) is 0 Å². The molecule has 21 heavy (non-hydrogen) atoms. The van der Waals surface area contributed by atoms with E-state index in [-0.39, 0.29) is 15.6 Å². The van der Waals surface area contributed by atoms with Crippen molar-refractivity contribution >= 4 is 57.7 Å². The number of benzene rings is 1. The highest BCUT2D eigenvalue weighted by molar-refractivity contribution is 7.14. The number of hydrogen-bond acceptors (Lipinski definition) is 7. The molecule has 1 aromatic carbocycles. The molecule has 0 saturated heterocycles. The molecule has 0 radical (unpaired) electrons. The average Bonchev–Trinajstić information content (AvgIpc) is 2.86. The Morgan fingerprint density at radius 3 is 2.67 bits per heavy atom. The molecule has 0 aliphatic heterocycles. The number of nitrogens with zero attached hydrogens (tertiary/aromatic N) is 2. The molecule has 0 fully saturated rings. The van der Waals surface area contributed by atoms with Crippen molar-refractivity contribution in [1.29, 1.82) is 0 Å². The van der Waals surface area contributed by atoms with E-state index < -0.39 is 5.97 Å². The van der Waals surface area contributed by atoms with Crippen molar-refractivity contribution < 1.29 is 9.53 Å². The number of nitrogens with one attached hydrogen (secondary N) is 1. The fourth-order valence-corrected chi connectivity index (χ4v) is 2.57. The summed E-state index contributed by atoms with van der Waals surface area (Å²) >= 11 is 13.5. The van der Waals surface area contributed by atoms with E-state index in [9.17, 15) is 4.79 Å². The summed E-state index contributed by atoms with van der Waals surface area (Å²) in [4.78, 5) is 15.4. The van der Waals surface area contributed by atoms with E-state index in [2.05, 4.69) is 20.2 Å². The molecule has 0 amide bonds. The third-order valence-electron chi connectivity index (χ3n) is 2.38. The lowest BCUT2D eigenvalue weighted by Gasteiger charge is -2.05. The van der Waals surface area contributed by atoms with E-state index in [0.29, 0.717) is 16.5 Å². The van der Waals surface area contributed by atoms with Crippen molar-refractivity contribution in [3.63, 3.8) is 0 Å². The van der Waals surface area contributed by atoms with Gasteiger partial charge in [-0.3, -0.25) is 5.43 Å². The molecule has 2 aromatic rings. The lowest BCUT2D eigenvalue weighted by atomic mass is 10.1. The zero-order chi connectivity index (χ0) is 15.4. The van der Waals surface area contributed by atoms with E-state index in [0.717, 1.165) is 0 Å². The number of rotatable bonds is 4. The Morgan fingerprint density at radius 1 is 1.48 bits per heavy atom. The van der Waals surface area contributed by atoms with Crippen molar-refractivity contribution in [2.45, 2.75) is 0 Å². The number of carbonyl (C=O) groups excluding carboxylic acids is 1. The molecule has 110 valence electrons. The summed E-state index contributed by atoms with van der Waals surface area (Å²) in [6.07, 6.45) is 1.43. The van der Waals surface area contributed by atoms with E-state index in [1.165, 1.54) is 36.8 Å². The van der Waals surface area contributed by atoms with Gasteiger partial charge in [0.25, 0.3) is 0 Å².